The van der Waals surface area contributed by atoms with Gasteiger partial charge in [-0.25, -0.2) is 4.98 Å². The fraction of sp³-hybridized carbons (Fsp3) is 0.200. The maximum atomic E-state index is 12.4. The number of para-hydroxylation sites is 2. The zero-order valence-corrected chi connectivity index (χ0v) is 18.9. The van der Waals surface area contributed by atoms with Gasteiger partial charge in [-0.1, -0.05) is 47.5 Å². The molecule has 0 saturated carbocycles. The van der Waals surface area contributed by atoms with Crippen LogP contribution in [0.25, 0.3) is 11.0 Å². The van der Waals surface area contributed by atoms with Gasteiger partial charge in [0.2, 0.25) is 0 Å². The molecule has 4 aromatic rings. The van der Waals surface area contributed by atoms with Crippen molar-refractivity contribution in [3.63, 3.8) is 0 Å². The standard InChI is InChI=1S/C25H23Cl2N3O2/c26-18-10-12-19(13-11-18)32-17-5-16-30-23-9-4-3-8-22(23)29-24(30)14-15-28-25(31)20-6-1-2-7-21(20)27/h1-4,6-13H,5,14-17H2,(H,28,31). The molecule has 0 saturated heterocycles. The number of carbonyl (C=O) groups excluding carboxylic acids is 1. The number of aryl methyl sites for hydroxylation is 1. The third-order valence-corrected chi connectivity index (χ3v) is 5.68. The largest absolute Gasteiger partial charge is 0.494 e. The Kier molecular flexibility index (Phi) is 7.30. The number of aromatic nitrogens is 2. The van der Waals surface area contributed by atoms with Crippen molar-refractivity contribution in [2.45, 2.75) is 19.4 Å². The van der Waals surface area contributed by atoms with E-state index in [0.29, 0.717) is 35.2 Å². The van der Waals surface area contributed by atoms with Crippen molar-refractivity contribution in [1.29, 1.82) is 0 Å². The first kappa shape index (κ1) is 22.2. The van der Waals surface area contributed by atoms with E-state index < -0.39 is 0 Å². The molecule has 0 unspecified atom stereocenters. The van der Waals surface area contributed by atoms with Gasteiger partial charge in [0.15, 0.2) is 0 Å². The molecule has 3 aromatic carbocycles. The van der Waals surface area contributed by atoms with Gasteiger partial charge in [-0.15, -0.1) is 0 Å². The van der Waals surface area contributed by atoms with Crippen LogP contribution < -0.4 is 10.1 Å². The van der Waals surface area contributed by atoms with Crippen molar-refractivity contribution in [2.75, 3.05) is 13.2 Å². The number of hydrogen-bond acceptors (Lipinski definition) is 3. The van der Waals surface area contributed by atoms with Gasteiger partial charge < -0.3 is 14.6 Å². The average Bonchev–Trinajstić information content (AvgIpc) is 3.15. The summed E-state index contributed by atoms with van der Waals surface area (Å²) in [5.41, 5.74) is 2.49. The quantitative estimate of drug-likeness (QED) is 0.317. The van der Waals surface area contributed by atoms with E-state index >= 15 is 0 Å². The number of fused-ring (bicyclic) bond motifs is 1. The molecule has 0 bridgehead atoms. The fourth-order valence-corrected chi connectivity index (χ4v) is 3.89. The van der Waals surface area contributed by atoms with Gasteiger partial charge in [0.05, 0.1) is 28.2 Å². The lowest BCUT2D eigenvalue weighted by atomic mass is 10.2. The minimum absolute atomic E-state index is 0.186. The van der Waals surface area contributed by atoms with Crippen LogP contribution in [0.3, 0.4) is 0 Å². The summed E-state index contributed by atoms with van der Waals surface area (Å²) in [6, 6.07) is 22.4. The van der Waals surface area contributed by atoms with E-state index in [2.05, 4.69) is 16.0 Å². The van der Waals surface area contributed by atoms with E-state index in [4.69, 9.17) is 32.9 Å². The lowest BCUT2D eigenvalue weighted by Gasteiger charge is -2.11. The number of halogens is 2. The monoisotopic (exact) mass is 467 g/mol. The maximum absolute atomic E-state index is 12.4. The highest BCUT2D eigenvalue weighted by Crippen LogP contribution is 2.19. The predicted molar refractivity (Wildman–Crippen MR) is 129 cm³/mol. The first-order chi connectivity index (χ1) is 15.6. The Labute approximate surface area is 196 Å². The Balaban J connectivity index is 1.38. The molecule has 32 heavy (non-hydrogen) atoms. The first-order valence-electron chi connectivity index (χ1n) is 10.5. The minimum atomic E-state index is -0.186. The minimum Gasteiger partial charge on any atom is -0.494 e. The van der Waals surface area contributed by atoms with Crippen LogP contribution in [0.1, 0.15) is 22.6 Å². The molecule has 1 amide bonds. The second-order valence-electron chi connectivity index (χ2n) is 7.31. The van der Waals surface area contributed by atoms with Crippen molar-refractivity contribution in [3.8, 4) is 5.75 Å². The number of carbonyl (C=O) groups is 1. The van der Waals surface area contributed by atoms with Gasteiger partial charge in [0, 0.05) is 24.5 Å². The van der Waals surface area contributed by atoms with E-state index in [0.717, 1.165) is 35.6 Å². The second-order valence-corrected chi connectivity index (χ2v) is 8.15. The summed E-state index contributed by atoms with van der Waals surface area (Å²) >= 11 is 12.0. The molecule has 0 fully saturated rings. The summed E-state index contributed by atoms with van der Waals surface area (Å²) < 4.78 is 8.02. The van der Waals surface area contributed by atoms with Crippen LogP contribution in [-0.2, 0) is 13.0 Å². The van der Waals surface area contributed by atoms with Gasteiger partial charge in [-0.2, -0.15) is 0 Å². The van der Waals surface area contributed by atoms with Gasteiger partial charge >= 0.3 is 0 Å². The lowest BCUT2D eigenvalue weighted by Crippen LogP contribution is -2.26. The van der Waals surface area contributed by atoms with Crippen LogP contribution >= 0.6 is 23.2 Å². The summed E-state index contributed by atoms with van der Waals surface area (Å²) in [5, 5.41) is 4.07. The molecule has 7 heteroatoms. The zero-order chi connectivity index (χ0) is 22.3. The van der Waals surface area contributed by atoms with Crippen molar-refractivity contribution < 1.29 is 9.53 Å². The van der Waals surface area contributed by atoms with E-state index in [1.165, 1.54) is 0 Å². The molecule has 164 valence electrons. The number of nitrogens with one attached hydrogen (secondary N) is 1. The van der Waals surface area contributed by atoms with E-state index in [-0.39, 0.29) is 5.91 Å². The number of nitrogens with zero attached hydrogens (tertiary/aromatic N) is 2. The van der Waals surface area contributed by atoms with Gasteiger partial charge in [-0.3, -0.25) is 4.79 Å². The molecule has 1 N–H and O–H groups in total. The number of benzene rings is 3. The summed E-state index contributed by atoms with van der Waals surface area (Å²) in [6.07, 6.45) is 1.44. The van der Waals surface area contributed by atoms with Crippen LogP contribution in [0, 0.1) is 0 Å². The molecule has 0 aliphatic carbocycles. The normalized spacial score (nSPS) is 10.9. The van der Waals surface area contributed by atoms with Crippen LogP contribution in [0.15, 0.2) is 72.8 Å². The first-order valence-corrected chi connectivity index (χ1v) is 11.2. The molecule has 0 radical (unpaired) electrons. The summed E-state index contributed by atoms with van der Waals surface area (Å²) in [7, 11) is 0. The Bertz CT molecular complexity index is 1210. The molecule has 1 heterocycles. The number of imidazole rings is 1. The molecule has 1 aromatic heterocycles. The second kappa shape index (κ2) is 10.5. The molecule has 0 spiro atoms. The van der Waals surface area contributed by atoms with E-state index in [1.807, 2.05) is 42.5 Å². The Morgan fingerprint density at radius 2 is 1.72 bits per heavy atom. The van der Waals surface area contributed by atoms with Crippen molar-refractivity contribution in [2.24, 2.45) is 0 Å². The Hall–Kier alpha value is -3.02. The van der Waals surface area contributed by atoms with Gasteiger partial charge in [0.25, 0.3) is 5.91 Å². The smallest absolute Gasteiger partial charge is 0.252 e. The highest BCUT2D eigenvalue weighted by atomic mass is 35.5. The van der Waals surface area contributed by atoms with Crippen LogP contribution in [0.4, 0.5) is 0 Å². The summed E-state index contributed by atoms with van der Waals surface area (Å²) in [6.45, 7) is 1.81. The molecular weight excluding hydrogens is 445 g/mol. The van der Waals surface area contributed by atoms with Gasteiger partial charge in [0.1, 0.15) is 11.6 Å². The van der Waals surface area contributed by atoms with E-state index in [9.17, 15) is 4.79 Å². The third-order valence-electron chi connectivity index (χ3n) is 5.09. The molecule has 0 aliphatic heterocycles. The molecule has 0 atom stereocenters. The highest BCUT2D eigenvalue weighted by Gasteiger charge is 2.12. The van der Waals surface area contributed by atoms with Crippen molar-refractivity contribution in [3.05, 3.63) is 94.2 Å². The highest BCUT2D eigenvalue weighted by molar-refractivity contribution is 6.33. The molecular formula is C25H23Cl2N3O2. The van der Waals surface area contributed by atoms with Crippen LogP contribution in [0.5, 0.6) is 5.75 Å². The molecule has 5 nitrogen and oxygen atoms in total. The van der Waals surface area contributed by atoms with Gasteiger partial charge in [-0.05, 0) is 55.0 Å². The summed E-state index contributed by atoms with van der Waals surface area (Å²) in [5.74, 6) is 1.54. The third kappa shape index (κ3) is 5.42. The average molecular weight is 468 g/mol. The lowest BCUT2D eigenvalue weighted by molar-refractivity contribution is 0.0954. The van der Waals surface area contributed by atoms with Crippen molar-refractivity contribution in [1.82, 2.24) is 14.9 Å². The number of ether oxygens (including phenoxy) is 1. The van der Waals surface area contributed by atoms with Crippen LogP contribution in [0.2, 0.25) is 10.0 Å². The summed E-state index contributed by atoms with van der Waals surface area (Å²) in [4.78, 5) is 17.2. The topological polar surface area (TPSA) is 56.2 Å². The van der Waals surface area contributed by atoms with E-state index in [1.54, 1.807) is 24.3 Å². The Morgan fingerprint density at radius 3 is 2.53 bits per heavy atom. The number of amides is 1. The molecule has 4 rings (SSSR count). The SMILES string of the molecule is O=C(NCCc1nc2ccccc2n1CCCOc1ccc(Cl)cc1)c1ccccc1Cl. The molecule has 0 aliphatic rings. The number of rotatable bonds is 9. The predicted octanol–water partition coefficient (Wildman–Crippen LogP) is 5.78. The zero-order valence-electron chi connectivity index (χ0n) is 17.4. The Morgan fingerprint density at radius 1 is 0.969 bits per heavy atom. The van der Waals surface area contributed by atoms with Crippen molar-refractivity contribution >= 4 is 40.1 Å². The fourth-order valence-electron chi connectivity index (χ4n) is 3.54. The van der Waals surface area contributed by atoms with Crippen LogP contribution in [-0.4, -0.2) is 28.6 Å². The maximum Gasteiger partial charge on any atom is 0.252 e. The number of hydrogen-bond donors (Lipinski definition) is 1.